The molecule has 2 amide bonds. The van der Waals surface area contributed by atoms with Crippen LogP contribution in [0.1, 0.15) is 55.8 Å². The summed E-state index contributed by atoms with van der Waals surface area (Å²) in [6, 6.07) is 7.49. The zero-order valence-electron chi connectivity index (χ0n) is 15.8. The molecule has 0 bridgehead atoms. The molecule has 0 spiro atoms. The maximum absolute atomic E-state index is 12.5. The first-order chi connectivity index (χ1) is 12.7. The van der Waals surface area contributed by atoms with E-state index in [1.807, 2.05) is 41.0 Å². The van der Waals surface area contributed by atoms with Gasteiger partial charge in [0, 0.05) is 44.1 Å². The highest BCUT2D eigenvalue weighted by atomic mass is 16.5. The van der Waals surface area contributed by atoms with E-state index >= 15 is 0 Å². The Morgan fingerprint density at radius 3 is 2.38 bits per heavy atom. The van der Waals surface area contributed by atoms with E-state index in [0.717, 1.165) is 63.2 Å². The lowest BCUT2D eigenvalue weighted by molar-refractivity contribution is -0.132. The van der Waals surface area contributed by atoms with E-state index in [9.17, 15) is 9.59 Å². The Hall–Kier alpha value is -2.04. The number of ether oxygens (including phenoxy) is 1. The van der Waals surface area contributed by atoms with Gasteiger partial charge in [0.2, 0.25) is 5.91 Å². The van der Waals surface area contributed by atoms with E-state index in [1.54, 1.807) is 0 Å². The standard InChI is InChI=1S/C21H30N2O3/c1-2-20(24)23-14-6-7-17(15-23)16-26-19-10-8-18(9-11-19)21(25)22-12-4-3-5-13-22/h8-11,17H,2-7,12-16H2,1H3/t17-/m0/s1. The fourth-order valence-corrected chi connectivity index (χ4v) is 3.84. The van der Waals surface area contributed by atoms with Crippen molar-refractivity contribution in [1.82, 2.24) is 9.80 Å². The second-order valence-corrected chi connectivity index (χ2v) is 7.39. The second kappa shape index (κ2) is 9.06. The fraction of sp³-hybridized carbons (Fsp3) is 0.619. The molecule has 0 aliphatic carbocycles. The van der Waals surface area contributed by atoms with Gasteiger partial charge in [-0.25, -0.2) is 0 Å². The molecule has 1 aromatic rings. The van der Waals surface area contributed by atoms with Crippen LogP contribution in [0.3, 0.4) is 0 Å². The minimum atomic E-state index is 0.122. The summed E-state index contributed by atoms with van der Waals surface area (Å²) in [6.07, 6.45) is 6.14. The number of hydrogen-bond donors (Lipinski definition) is 0. The molecular formula is C21H30N2O3. The number of hydrogen-bond acceptors (Lipinski definition) is 3. The molecule has 26 heavy (non-hydrogen) atoms. The molecule has 5 heteroatoms. The van der Waals surface area contributed by atoms with Gasteiger partial charge in [-0.05, 0) is 56.4 Å². The van der Waals surface area contributed by atoms with Crippen LogP contribution in [0.4, 0.5) is 0 Å². The number of rotatable bonds is 5. The molecule has 2 saturated heterocycles. The summed E-state index contributed by atoms with van der Waals surface area (Å²) >= 11 is 0. The number of piperidine rings is 2. The average Bonchev–Trinajstić information content (AvgIpc) is 2.72. The van der Waals surface area contributed by atoms with Crippen LogP contribution in [-0.4, -0.2) is 54.4 Å². The number of carbonyl (C=O) groups excluding carboxylic acids is 2. The maximum Gasteiger partial charge on any atom is 0.253 e. The fourth-order valence-electron chi connectivity index (χ4n) is 3.84. The Kier molecular flexibility index (Phi) is 6.53. The Morgan fingerprint density at radius 1 is 1.00 bits per heavy atom. The molecule has 2 heterocycles. The highest BCUT2D eigenvalue weighted by Gasteiger charge is 2.23. The van der Waals surface area contributed by atoms with Gasteiger partial charge in [-0.3, -0.25) is 9.59 Å². The van der Waals surface area contributed by atoms with Crippen LogP contribution in [0, 0.1) is 5.92 Å². The Bertz CT molecular complexity index is 608. The average molecular weight is 358 g/mol. The molecule has 0 radical (unpaired) electrons. The summed E-state index contributed by atoms with van der Waals surface area (Å²) in [5.41, 5.74) is 0.733. The SMILES string of the molecule is CCC(=O)N1CCC[C@H](COc2ccc(C(=O)N3CCCCC3)cc2)C1. The largest absolute Gasteiger partial charge is 0.493 e. The van der Waals surface area contributed by atoms with Gasteiger partial charge >= 0.3 is 0 Å². The van der Waals surface area contributed by atoms with E-state index in [2.05, 4.69) is 0 Å². The van der Waals surface area contributed by atoms with Gasteiger partial charge in [0.1, 0.15) is 5.75 Å². The summed E-state index contributed by atoms with van der Waals surface area (Å²) in [5, 5.41) is 0. The normalized spacial score (nSPS) is 20.7. The predicted molar refractivity (Wildman–Crippen MR) is 101 cm³/mol. The van der Waals surface area contributed by atoms with E-state index in [4.69, 9.17) is 4.74 Å². The molecule has 0 saturated carbocycles. The number of nitrogens with zero attached hydrogens (tertiary/aromatic N) is 2. The first-order valence-electron chi connectivity index (χ1n) is 9.97. The van der Waals surface area contributed by atoms with Crippen molar-refractivity contribution in [2.45, 2.75) is 45.4 Å². The van der Waals surface area contributed by atoms with Crippen LogP contribution in [0.2, 0.25) is 0 Å². The molecule has 2 aliphatic heterocycles. The van der Waals surface area contributed by atoms with Crippen LogP contribution < -0.4 is 4.74 Å². The molecule has 0 unspecified atom stereocenters. The monoisotopic (exact) mass is 358 g/mol. The summed E-state index contributed by atoms with van der Waals surface area (Å²) in [4.78, 5) is 28.3. The molecular weight excluding hydrogens is 328 g/mol. The molecule has 1 aromatic carbocycles. The van der Waals surface area contributed by atoms with Crippen LogP contribution in [0.15, 0.2) is 24.3 Å². The van der Waals surface area contributed by atoms with E-state index in [-0.39, 0.29) is 11.8 Å². The lowest BCUT2D eigenvalue weighted by Crippen LogP contribution is -2.41. The van der Waals surface area contributed by atoms with Crippen molar-refractivity contribution < 1.29 is 14.3 Å². The summed E-state index contributed by atoms with van der Waals surface area (Å²) in [6.45, 7) is 5.92. The zero-order valence-corrected chi connectivity index (χ0v) is 15.8. The van der Waals surface area contributed by atoms with Gasteiger partial charge in [0.25, 0.3) is 5.91 Å². The zero-order chi connectivity index (χ0) is 18.4. The van der Waals surface area contributed by atoms with Crippen LogP contribution in [0.25, 0.3) is 0 Å². The molecule has 1 atom stereocenters. The maximum atomic E-state index is 12.5. The Balaban J connectivity index is 1.49. The lowest BCUT2D eigenvalue weighted by atomic mass is 9.98. The Labute approximate surface area is 156 Å². The molecule has 5 nitrogen and oxygen atoms in total. The smallest absolute Gasteiger partial charge is 0.253 e. The molecule has 3 rings (SSSR count). The van der Waals surface area contributed by atoms with E-state index in [0.29, 0.717) is 18.9 Å². The van der Waals surface area contributed by atoms with Gasteiger partial charge in [-0.2, -0.15) is 0 Å². The highest BCUT2D eigenvalue weighted by molar-refractivity contribution is 5.94. The van der Waals surface area contributed by atoms with Crippen molar-refractivity contribution in [3.63, 3.8) is 0 Å². The quantitative estimate of drug-likeness (QED) is 0.811. The van der Waals surface area contributed by atoms with Crippen LogP contribution in [0.5, 0.6) is 5.75 Å². The van der Waals surface area contributed by atoms with Crippen molar-refractivity contribution in [3.05, 3.63) is 29.8 Å². The van der Waals surface area contributed by atoms with Gasteiger partial charge in [-0.1, -0.05) is 6.92 Å². The lowest BCUT2D eigenvalue weighted by Gasteiger charge is -2.32. The molecule has 142 valence electrons. The number of carbonyl (C=O) groups is 2. The number of amides is 2. The first kappa shape index (κ1) is 18.7. The van der Waals surface area contributed by atoms with Crippen molar-refractivity contribution >= 4 is 11.8 Å². The third-order valence-electron chi connectivity index (χ3n) is 5.40. The van der Waals surface area contributed by atoms with E-state index < -0.39 is 0 Å². The highest BCUT2D eigenvalue weighted by Crippen LogP contribution is 2.21. The third-order valence-corrected chi connectivity index (χ3v) is 5.40. The number of benzene rings is 1. The second-order valence-electron chi connectivity index (χ2n) is 7.39. The minimum absolute atomic E-state index is 0.122. The van der Waals surface area contributed by atoms with Crippen molar-refractivity contribution in [1.29, 1.82) is 0 Å². The summed E-state index contributed by atoms with van der Waals surface area (Å²) in [7, 11) is 0. The Morgan fingerprint density at radius 2 is 1.69 bits per heavy atom. The summed E-state index contributed by atoms with van der Waals surface area (Å²) < 4.78 is 5.92. The topological polar surface area (TPSA) is 49.9 Å². The number of likely N-dealkylation sites (tertiary alicyclic amines) is 2. The molecule has 2 aliphatic rings. The molecule has 0 N–H and O–H groups in total. The predicted octanol–water partition coefficient (Wildman–Crippen LogP) is 3.34. The molecule has 2 fully saturated rings. The third kappa shape index (κ3) is 4.77. The van der Waals surface area contributed by atoms with Gasteiger partial charge in [-0.15, -0.1) is 0 Å². The van der Waals surface area contributed by atoms with Crippen LogP contribution >= 0.6 is 0 Å². The summed E-state index contributed by atoms with van der Waals surface area (Å²) in [5.74, 6) is 1.53. The van der Waals surface area contributed by atoms with E-state index in [1.165, 1.54) is 6.42 Å². The minimum Gasteiger partial charge on any atom is -0.493 e. The molecule has 0 aromatic heterocycles. The van der Waals surface area contributed by atoms with Crippen molar-refractivity contribution in [2.24, 2.45) is 5.92 Å². The van der Waals surface area contributed by atoms with Crippen LogP contribution in [-0.2, 0) is 4.79 Å². The van der Waals surface area contributed by atoms with Gasteiger partial charge < -0.3 is 14.5 Å². The van der Waals surface area contributed by atoms with Crippen molar-refractivity contribution in [3.8, 4) is 5.75 Å². The van der Waals surface area contributed by atoms with Gasteiger partial charge in [0.15, 0.2) is 0 Å². The van der Waals surface area contributed by atoms with Gasteiger partial charge in [0.05, 0.1) is 6.61 Å². The van der Waals surface area contributed by atoms with Crippen molar-refractivity contribution in [2.75, 3.05) is 32.8 Å². The first-order valence-corrected chi connectivity index (χ1v) is 9.97.